The fraction of sp³-hybridized carbons (Fsp3) is 0. The fourth-order valence-electron chi connectivity index (χ4n) is 1.04. The van der Waals surface area contributed by atoms with Gasteiger partial charge in [0, 0.05) is 17.3 Å². The number of aromatic nitrogens is 2. The first-order valence-electron chi connectivity index (χ1n) is 4.25. The Morgan fingerprint density at radius 2 is 2.06 bits per heavy atom. The molecule has 0 amide bonds. The largest absolute Gasteiger partial charge is 0.436 e. The van der Waals surface area contributed by atoms with Crippen molar-refractivity contribution in [2.24, 2.45) is 0 Å². The normalized spacial score (nSPS) is 10.2. The highest BCUT2D eigenvalue weighted by atomic mass is 79.9. The third-order valence-corrected chi connectivity index (χ3v) is 2.83. The zero-order chi connectivity index (χ0) is 11.5. The van der Waals surface area contributed by atoms with Gasteiger partial charge in [-0.15, -0.1) is 0 Å². The average molecular weight is 320 g/mol. The molecule has 0 aliphatic heterocycles. The summed E-state index contributed by atoms with van der Waals surface area (Å²) in [6.45, 7) is 0. The predicted octanol–water partition coefficient (Wildman–Crippen LogP) is 4.34. The molecule has 0 aliphatic carbocycles. The van der Waals surface area contributed by atoms with E-state index < -0.39 is 0 Å². The number of rotatable bonds is 2. The Balaban J connectivity index is 2.34. The Bertz CT molecular complexity index is 522. The monoisotopic (exact) mass is 318 g/mol. The highest BCUT2D eigenvalue weighted by Crippen LogP contribution is 2.33. The molecular formula is C10H5BrCl2N2O. The van der Waals surface area contributed by atoms with Crippen molar-refractivity contribution in [1.29, 1.82) is 0 Å². The number of nitrogens with zero attached hydrogens (tertiary/aromatic N) is 2. The molecule has 6 heteroatoms. The molecule has 82 valence electrons. The summed E-state index contributed by atoms with van der Waals surface area (Å²) in [6, 6.07) is 4.97. The van der Waals surface area contributed by atoms with Crippen molar-refractivity contribution in [3.63, 3.8) is 0 Å². The molecule has 0 radical (unpaired) electrons. The molecule has 1 heterocycles. The van der Waals surface area contributed by atoms with Gasteiger partial charge in [0.2, 0.25) is 5.88 Å². The molecule has 0 saturated carbocycles. The van der Waals surface area contributed by atoms with Gasteiger partial charge in [0.05, 0.1) is 9.50 Å². The first-order valence-corrected chi connectivity index (χ1v) is 5.80. The molecule has 0 fully saturated rings. The van der Waals surface area contributed by atoms with E-state index in [0.29, 0.717) is 26.1 Å². The number of ether oxygens (including phenoxy) is 1. The lowest BCUT2D eigenvalue weighted by Crippen LogP contribution is -1.90. The van der Waals surface area contributed by atoms with Crippen molar-refractivity contribution in [3.05, 3.63) is 45.2 Å². The van der Waals surface area contributed by atoms with Crippen LogP contribution < -0.4 is 4.74 Å². The van der Waals surface area contributed by atoms with Gasteiger partial charge in [-0.05, 0) is 28.1 Å². The second kappa shape index (κ2) is 4.99. The summed E-state index contributed by atoms with van der Waals surface area (Å²) in [7, 11) is 0. The van der Waals surface area contributed by atoms with Gasteiger partial charge in [-0.2, -0.15) is 0 Å². The van der Waals surface area contributed by atoms with Gasteiger partial charge in [-0.3, -0.25) is 0 Å². The topological polar surface area (TPSA) is 35.0 Å². The summed E-state index contributed by atoms with van der Waals surface area (Å²) >= 11 is 15.1. The molecule has 0 saturated heterocycles. The first kappa shape index (κ1) is 11.6. The molecule has 0 aliphatic rings. The van der Waals surface area contributed by atoms with Gasteiger partial charge in [0.1, 0.15) is 12.1 Å². The summed E-state index contributed by atoms with van der Waals surface area (Å²) in [5.41, 5.74) is 0. The summed E-state index contributed by atoms with van der Waals surface area (Å²) in [6.07, 6.45) is 2.97. The minimum atomic E-state index is 0.388. The maximum Gasteiger partial charge on any atom is 0.236 e. The highest BCUT2D eigenvalue weighted by Gasteiger charge is 2.07. The smallest absolute Gasteiger partial charge is 0.236 e. The van der Waals surface area contributed by atoms with Crippen LogP contribution in [0.1, 0.15) is 0 Å². The number of hydrogen-bond donors (Lipinski definition) is 0. The fourth-order valence-corrected chi connectivity index (χ4v) is 1.66. The van der Waals surface area contributed by atoms with E-state index in [9.17, 15) is 0 Å². The Labute approximate surface area is 111 Å². The van der Waals surface area contributed by atoms with Crippen LogP contribution in [0.3, 0.4) is 0 Å². The zero-order valence-electron chi connectivity index (χ0n) is 7.82. The van der Waals surface area contributed by atoms with E-state index in [1.54, 1.807) is 24.4 Å². The second-order valence-corrected chi connectivity index (χ2v) is 4.55. The van der Waals surface area contributed by atoms with Crippen LogP contribution in [0.15, 0.2) is 35.2 Å². The molecule has 0 spiro atoms. The Kier molecular flexibility index (Phi) is 3.63. The van der Waals surface area contributed by atoms with E-state index >= 15 is 0 Å². The Morgan fingerprint density at radius 1 is 1.25 bits per heavy atom. The molecule has 3 nitrogen and oxygen atoms in total. The number of hydrogen-bond acceptors (Lipinski definition) is 3. The quantitative estimate of drug-likeness (QED) is 0.826. The number of benzene rings is 1. The van der Waals surface area contributed by atoms with E-state index in [1.807, 2.05) is 0 Å². The van der Waals surface area contributed by atoms with Gasteiger partial charge < -0.3 is 4.74 Å². The van der Waals surface area contributed by atoms with Gasteiger partial charge in [0.25, 0.3) is 0 Å². The first-order chi connectivity index (χ1) is 7.66. The van der Waals surface area contributed by atoms with E-state index in [2.05, 4.69) is 25.9 Å². The van der Waals surface area contributed by atoms with E-state index in [4.69, 9.17) is 27.9 Å². The summed E-state index contributed by atoms with van der Waals surface area (Å²) in [5.74, 6) is 0.840. The SMILES string of the molecule is Clc1ccc(Cl)c(Oc2ncncc2Br)c1. The minimum Gasteiger partial charge on any atom is -0.436 e. The van der Waals surface area contributed by atoms with Crippen LogP contribution in [0.25, 0.3) is 0 Å². The maximum absolute atomic E-state index is 5.96. The number of halogens is 3. The van der Waals surface area contributed by atoms with Crippen LogP contribution in [0.4, 0.5) is 0 Å². The van der Waals surface area contributed by atoms with Crippen LogP contribution in [-0.2, 0) is 0 Å². The molecule has 2 aromatic rings. The van der Waals surface area contributed by atoms with E-state index in [-0.39, 0.29) is 0 Å². The van der Waals surface area contributed by atoms with Gasteiger partial charge in [-0.1, -0.05) is 23.2 Å². The molecule has 1 aromatic carbocycles. The summed E-state index contributed by atoms with van der Waals surface area (Å²) in [4.78, 5) is 7.79. The minimum absolute atomic E-state index is 0.388. The Hall–Kier alpha value is -0.840. The van der Waals surface area contributed by atoms with E-state index in [1.165, 1.54) is 6.33 Å². The summed E-state index contributed by atoms with van der Waals surface area (Å²) in [5, 5.41) is 1.01. The van der Waals surface area contributed by atoms with E-state index in [0.717, 1.165) is 0 Å². The van der Waals surface area contributed by atoms with Crippen molar-refractivity contribution in [1.82, 2.24) is 9.97 Å². The van der Waals surface area contributed by atoms with Crippen molar-refractivity contribution < 1.29 is 4.74 Å². The lowest BCUT2D eigenvalue weighted by atomic mass is 10.3. The van der Waals surface area contributed by atoms with Crippen LogP contribution in [-0.4, -0.2) is 9.97 Å². The van der Waals surface area contributed by atoms with Crippen molar-refractivity contribution >= 4 is 39.1 Å². The van der Waals surface area contributed by atoms with Crippen LogP contribution >= 0.6 is 39.1 Å². The van der Waals surface area contributed by atoms with Gasteiger partial charge in [-0.25, -0.2) is 9.97 Å². The maximum atomic E-state index is 5.96. The van der Waals surface area contributed by atoms with Crippen molar-refractivity contribution in [3.8, 4) is 11.6 Å². The second-order valence-electron chi connectivity index (χ2n) is 2.85. The third-order valence-electron chi connectivity index (χ3n) is 1.73. The van der Waals surface area contributed by atoms with Crippen LogP contribution in [0.5, 0.6) is 11.6 Å². The molecule has 2 rings (SSSR count). The Morgan fingerprint density at radius 3 is 2.81 bits per heavy atom. The lowest BCUT2D eigenvalue weighted by molar-refractivity contribution is 0.458. The highest BCUT2D eigenvalue weighted by molar-refractivity contribution is 9.10. The zero-order valence-corrected chi connectivity index (χ0v) is 10.9. The molecule has 0 unspecified atom stereocenters. The standard InChI is InChI=1S/C10H5BrCl2N2O/c11-7-4-14-5-15-10(7)16-9-3-6(12)1-2-8(9)13/h1-5H. The lowest BCUT2D eigenvalue weighted by Gasteiger charge is -2.07. The third kappa shape index (κ3) is 2.64. The molecular weight excluding hydrogens is 315 g/mol. The predicted molar refractivity (Wildman–Crippen MR) is 66.3 cm³/mol. The van der Waals surface area contributed by atoms with Gasteiger partial charge in [0.15, 0.2) is 0 Å². The van der Waals surface area contributed by atoms with Gasteiger partial charge >= 0.3 is 0 Å². The average Bonchev–Trinajstić information content (AvgIpc) is 2.27. The van der Waals surface area contributed by atoms with Crippen molar-refractivity contribution in [2.75, 3.05) is 0 Å². The van der Waals surface area contributed by atoms with Crippen molar-refractivity contribution in [2.45, 2.75) is 0 Å². The van der Waals surface area contributed by atoms with Crippen LogP contribution in [0, 0.1) is 0 Å². The molecule has 1 aromatic heterocycles. The van der Waals surface area contributed by atoms with Crippen LogP contribution in [0.2, 0.25) is 10.0 Å². The molecule has 0 N–H and O–H groups in total. The molecule has 0 bridgehead atoms. The summed E-state index contributed by atoms with van der Waals surface area (Å²) < 4.78 is 6.15. The molecule has 16 heavy (non-hydrogen) atoms. The molecule has 0 atom stereocenters.